The summed E-state index contributed by atoms with van der Waals surface area (Å²) in [6.07, 6.45) is 1.86. The van der Waals surface area contributed by atoms with E-state index < -0.39 is 5.97 Å². The number of aryl methyl sites for hydroxylation is 1. The topological polar surface area (TPSA) is 63.6 Å². The van der Waals surface area contributed by atoms with Crippen LogP contribution in [0, 0.1) is 6.92 Å². The lowest BCUT2D eigenvalue weighted by Gasteiger charge is -2.04. The van der Waals surface area contributed by atoms with E-state index in [1.54, 1.807) is 32.2 Å². The molecule has 0 bridgehead atoms. The third-order valence-electron chi connectivity index (χ3n) is 2.08. The van der Waals surface area contributed by atoms with Crippen molar-refractivity contribution in [2.75, 3.05) is 7.11 Å². The Labute approximate surface area is 93.2 Å². The Morgan fingerprint density at radius 3 is 2.50 bits per heavy atom. The number of carboxylic acid groups (broad SMARTS) is 1. The number of aliphatic carboxylic acids is 1. The highest BCUT2D eigenvalue weighted by Crippen LogP contribution is 2.17. The number of allylic oxidation sites excluding steroid dienone is 1. The standard InChI is InChI=1S/C12H12O4/c1-8-7-9(16-2)3-4-10(8)11(13)5-6-12(14)15/h3-7H,1-2H3,(H,14,15)/b6-5+. The Morgan fingerprint density at radius 1 is 1.31 bits per heavy atom. The molecule has 0 aromatic heterocycles. The van der Waals surface area contributed by atoms with Gasteiger partial charge in [-0.15, -0.1) is 0 Å². The van der Waals surface area contributed by atoms with Crippen LogP contribution in [0.2, 0.25) is 0 Å². The fourth-order valence-corrected chi connectivity index (χ4v) is 1.28. The zero-order chi connectivity index (χ0) is 12.1. The summed E-state index contributed by atoms with van der Waals surface area (Å²) in [4.78, 5) is 21.8. The van der Waals surface area contributed by atoms with Gasteiger partial charge < -0.3 is 9.84 Å². The number of carbonyl (C=O) groups is 2. The molecule has 1 rings (SSSR count). The molecule has 0 saturated heterocycles. The van der Waals surface area contributed by atoms with Crippen LogP contribution >= 0.6 is 0 Å². The van der Waals surface area contributed by atoms with Crippen LogP contribution in [0.4, 0.5) is 0 Å². The minimum Gasteiger partial charge on any atom is -0.497 e. The minimum absolute atomic E-state index is 0.331. The third kappa shape index (κ3) is 2.95. The van der Waals surface area contributed by atoms with E-state index in [9.17, 15) is 9.59 Å². The Hall–Kier alpha value is -2.10. The zero-order valence-corrected chi connectivity index (χ0v) is 9.06. The molecule has 0 amide bonds. The number of hydrogen-bond acceptors (Lipinski definition) is 3. The van der Waals surface area contributed by atoms with Gasteiger partial charge in [0.05, 0.1) is 7.11 Å². The fraction of sp³-hybridized carbons (Fsp3) is 0.167. The maximum absolute atomic E-state index is 11.6. The summed E-state index contributed by atoms with van der Waals surface area (Å²) in [5, 5.41) is 8.40. The van der Waals surface area contributed by atoms with Crippen LogP contribution in [0.3, 0.4) is 0 Å². The maximum Gasteiger partial charge on any atom is 0.328 e. The molecular weight excluding hydrogens is 208 g/mol. The molecule has 0 aliphatic rings. The van der Waals surface area contributed by atoms with Crippen molar-refractivity contribution >= 4 is 11.8 Å². The summed E-state index contributed by atoms with van der Waals surface area (Å²) >= 11 is 0. The lowest BCUT2D eigenvalue weighted by atomic mass is 10.0. The molecule has 84 valence electrons. The molecule has 0 atom stereocenters. The van der Waals surface area contributed by atoms with E-state index in [0.717, 1.165) is 17.7 Å². The SMILES string of the molecule is COc1ccc(C(=O)/C=C/C(=O)O)c(C)c1. The first-order valence-corrected chi connectivity index (χ1v) is 4.64. The number of methoxy groups -OCH3 is 1. The van der Waals surface area contributed by atoms with Crippen molar-refractivity contribution in [1.29, 1.82) is 0 Å². The number of carbonyl (C=O) groups excluding carboxylic acids is 1. The molecule has 0 spiro atoms. The van der Waals surface area contributed by atoms with Crippen molar-refractivity contribution in [3.8, 4) is 5.75 Å². The van der Waals surface area contributed by atoms with Crippen molar-refractivity contribution in [3.05, 3.63) is 41.5 Å². The van der Waals surface area contributed by atoms with E-state index in [-0.39, 0.29) is 5.78 Å². The smallest absolute Gasteiger partial charge is 0.328 e. The van der Waals surface area contributed by atoms with Crippen molar-refractivity contribution in [1.82, 2.24) is 0 Å². The van der Waals surface area contributed by atoms with Crippen LogP contribution in [-0.4, -0.2) is 24.0 Å². The highest BCUT2D eigenvalue weighted by molar-refractivity contribution is 6.07. The summed E-state index contributed by atoms with van der Waals surface area (Å²) in [7, 11) is 1.54. The minimum atomic E-state index is -1.14. The van der Waals surface area contributed by atoms with Crippen molar-refractivity contribution in [2.45, 2.75) is 6.92 Å². The molecule has 16 heavy (non-hydrogen) atoms. The molecule has 1 aromatic rings. The highest BCUT2D eigenvalue weighted by atomic mass is 16.5. The molecule has 0 fully saturated rings. The van der Waals surface area contributed by atoms with Gasteiger partial charge in [0.1, 0.15) is 5.75 Å². The predicted molar refractivity (Wildman–Crippen MR) is 58.8 cm³/mol. The first kappa shape index (κ1) is 12.0. The molecule has 1 N–H and O–H groups in total. The van der Waals surface area contributed by atoms with E-state index in [1.165, 1.54) is 0 Å². The van der Waals surface area contributed by atoms with Crippen molar-refractivity contribution in [2.24, 2.45) is 0 Å². The quantitative estimate of drug-likeness (QED) is 0.621. The number of rotatable bonds is 4. The second-order valence-electron chi connectivity index (χ2n) is 3.22. The van der Waals surface area contributed by atoms with E-state index in [1.807, 2.05) is 0 Å². The molecule has 0 radical (unpaired) electrons. The molecular formula is C12H12O4. The first-order valence-electron chi connectivity index (χ1n) is 4.64. The predicted octanol–water partition coefficient (Wildman–Crippen LogP) is 1.83. The lowest BCUT2D eigenvalue weighted by Crippen LogP contribution is -2.00. The molecule has 0 aliphatic heterocycles. The molecule has 4 nitrogen and oxygen atoms in total. The van der Waals surface area contributed by atoms with Gasteiger partial charge in [0.15, 0.2) is 5.78 Å². The van der Waals surface area contributed by atoms with Gasteiger partial charge in [-0.2, -0.15) is 0 Å². The molecule has 4 heteroatoms. The number of hydrogen-bond donors (Lipinski definition) is 1. The Bertz CT molecular complexity index is 446. The van der Waals surface area contributed by atoms with Gasteiger partial charge in [0, 0.05) is 11.6 Å². The molecule has 0 heterocycles. The fourth-order valence-electron chi connectivity index (χ4n) is 1.28. The molecule has 0 unspecified atom stereocenters. The largest absolute Gasteiger partial charge is 0.497 e. The van der Waals surface area contributed by atoms with E-state index in [4.69, 9.17) is 9.84 Å². The monoisotopic (exact) mass is 220 g/mol. The van der Waals surface area contributed by atoms with Crippen LogP contribution < -0.4 is 4.74 Å². The zero-order valence-electron chi connectivity index (χ0n) is 9.06. The van der Waals surface area contributed by atoms with Crippen LogP contribution in [-0.2, 0) is 4.79 Å². The third-order valence-corrected chi connectivity index (χ3v) is 2.08. The number of benzene rings is 1. The number of carboxylic acids is 1. The molecule has 0 saturated carbocycles. The van der Waals surface area contributed by atoms with E-state index in [0.29, 0.717) is 11.3 Å². The van der Waals surface area contributed by atoms with E-state index in [2.05, 4.69) is 0 Å². The number of ether oxygens (including phenoxy) is 1. The van der Waals surface area contributed by atoms with Crippen LogP contribution in [0.25, 0.3) is 0 Å². The van der Waals surface area contributed by atoms with Crippen LogP contribution in [0.1, 0.15) is 15.9 Å². The van der Waals surface area contributed by atoms with Gasteiger partial charge in [-0.25, -0.2) is 4.79 Å². The second-order valence-corrected chi connectivity index (χ2v) is 3.22. The van der Waals surface area contributed by atoms with Crippen LogP contribution in [0.15, 0.2) is 30.4 Å². The normalized spacial score (nSPS) is 10.4. The van der Waals surface area contributed by atoms with Gasteiger partial charge >= 0.3 is 5.97 Å². The van der Waals surface area contributed by atoms with E-state index >= 15 is 0 Å². The second kappa shape index (κ2) is 5.11. The summed E-state index contributed by atoms with van der Waals surface area (Å²) in [6, 6.07) is 5.00. The first-order chi connectivity index (χ1) is 7.54. The maximum atomic E-state index is 11.6. The van der Waals surface area contributed by atoms with Gasteiger partial charge in [-0.05, 0) is 36.8 Å². The summed E-state index contributed by atoms with van der Waals surface area (Å²) in [5.74, 6) is -0.807. The average Bonchev–Trinajstić information content (AvgIpc) is 2.25. The molecule has 0 aliphatic carbocycles. The van der Waals surface area contributed by atoms with Crippen molar-refractivity contribution in [3.63, 3.8) is 0 Å². The molecule has 1 aromatic carbocycles. The number of ketones is 1. The Morgan fingerprint density at radius 2 is 2.00 bits per heavy atom. The Kier molecular flexibility index (Phi) is 3.83. The summed E-state index contributed by atoms with van der Waals surface area (Å²) in [5.41, 5.74) is 1.22. The van der Waals surface area contributed by atoms with Gasteiger partial charge in [0.25, 0.3) is 0 Å². The lowest BCUT2D eigenvalue weighted by molar-refractivity contribution is -0.131. The average molecular weight is 220 g/mol. The highest BCUT2D eigenvalue weighted by Gasteiger charge is 2.07. The summed E-state index contributed by atoms with van der Waals surface area (Å²) < 4.78 is 5.00. The van der Waals surface area contributed by atoms with Crippen molar-refractivity contribution < 1.29 is 19.4 Å². The van der Waals surface area contributed by atoms with Gasteiger partial charge in [-0.3, -0.25) is 4.79 Å². The van der Waals surface area contributed by atoms with Gasteiger partial charge in [0.2, 0.25) is 0 Å². The summed E-state index contributed by atoms with van der Waals surface area (Å²) in [6.45, 7) is 1.77. The Balaban J connectivity index is 2.96. The van der Waals surface area contributed by atoms with Crippen LogP contribution in [0.5, 0.6) is 5.75 Å². The van der Waals surface area contributed by atoms with Gasteiger partial charge in [-0.1, -0.05) is 0 Å².